The molecule has 1 aliphatic heterocycles. The Kier molecular flexibility index (Phi) is 8.36. The molecule has 2 aromatic rings. The van der Waals surface area contributed by atoms with Crippen molar-refractivity contribution in [2.75, 3.05) is 65.9 Å². The highest BCUT2D eigenvalue weighted by atomic mass is 32.1. The van der Waals surface area contributed by atoms with E-state index in [0.717, 1.165) is 73.1 Å². The molecule has 0 atom stereocenters. The summed E-state index contributed by atoms with van der Waals surface area (Å²) in [7, 11) is 7.43. The first-order valence-electron chi connectivity index (χ1n) is 10.6. The SMILES string of the molecule is CCNC(=NCc1csc(N(C)C)n1)N1CCN(Cc2cc(OC)ccc2OC)CC1. The second kappa shape index (κ2) is 11.2. The lowest BCUT2D eigenvalue weighted by molar-refractivity contribution is 0.171. The van der Waals surface area contributed by atoms with Gasteiger partial charge in [-0.25, -0.2) is 9.98 Å². The molecule has 0 aliphatic carbocycles. The van der Waals surface area contributed by atoms with E-state index in [1.54, 1.807) is 25.6 Å². The van der Waals surface area contributed by atoms with Gasteiger partial charge in [-0.15, -0.1) is 11.3 Å². The number of piperazine rings is 1. The minimum atomic E-state index is 0.591. The average Bonchev–Trinajstić information content (AvgIpc) is 3.26. The molecule has 8 nitrogen and oxygen atoms in total. The Morgan fingerprint density at radius 3 is 2.58 bits per heavy atom. The third kappa shape index (κ3) is 6.24. The summed E-state index contributed by atoms with van der Waals surface area (Å²) in [6.07, 6.45) is 0. The van der Waals surface area contributed by atoms with Gasteiger partial charge in [0.1, 0.15) is 11.5 Å². The van der Waals surface area contributed by atoms with Gasteiger partial charge < -0.3 is 24.6 Å². The normalized spacial score (nSPS) is 15.1. The fraction of sp³-hybridized carbons (Fsp3) is 0.545. The minimum absolute atomic E-state index is 0.591. The van der Waals surface area contributed by atoms with Gasteiger partial charge in [-0.05, 0) is 25.1 Å². The number of methoxy groups -OCH3 is 2. The molecule has 0 spiro atoms. The molecule has 0 amide bonds. The standard InChI is InChI=1S/C22H34N6O2S/c1-6-23-21(24-14-18-16-31-22(25-18)26(2)3)28-11-9-27(10-12-28)15-17-13-19(29-4)7-8-20(17)30-5/h7-8,13,16H,6,9-12,14-15H2,1-5H3,(H,23,24). The largest absolute Gasteiger partial charge is 0.497 e. The molecule has 1 aliphatic rings. The second-order valence-electron chi connectivity index (χ2n) is 7.63. The number of nitrogens with one attached hydrogen (secondary N) is 1. The summed E-state index contributed by atoms with van der Waals surface area (Å²) in [6.45, 7) is 8.17. The van der Waals surface area contributed by atoms with E-state index in [2.05, 4.69) is 38.5 Å². The van der Waals surface area contributed by atoms with E-state index in [9.17, 15) is 0 Å². The molecule has 1 aromatic heterocycles. The summed E-state index contributed by atoms with van der Waals surface area (Å²) >= 11 is 1.65. The van der Waals surface area contributed by atoms with Crippen LogP contribution in [0.15, 0.2) is 28.6 Å². The molecular formula is C22H34N6O2S. The van der Waals surface area contributed by atoms with Crippen molar-refractivity contribution in [3.05, 3.63) is 34.8 Å². The maximum absolute atomic E-state index is 5.54. The van der Waals surface area contributed by atoms with Crippen LogP contribution in [0, 0.1) is 0 Å². The second-order valence-corrected chi connectivity index (χ2v) is 8.46. The van der Waals surface area contributed by atoms with Gasteiger partial charge in [-0.1, -0.05) is 0 Å². The van der Waals surface area contributed by atoms with Crippen LogP contribution in [0.3, 0.4) is 0 Å². The lowest BCUT2D eigenvalue weighted by Crippen LogP contribution is -2.52. The number of nitrogens with zero attached hydrogens (tertiary/aromatic N) is 5. The van der Waals surface area contributed by atoms with Crippen LogP contribution in [0.4, 0.5) is 5.13 Å². The summed E-state index contributed by atoms with van der Waals surface area (Å²) in [5.74, 6) is 2.72. The predicted octanol–water partition coefficient (Wildman–Crippen LogP) is 2.51. The quantitative estimate of drug-likeness (QED) is 0.494. The molecule has 9 heteroatoms. The average molecular weight is 447 g/mol. The first-order valence-corrected chi connectivity index (χ1v) is 11.5. The van der Waals surface area contributed by atoms with Gasteiger partial charge in [-0.2, -0.15) is 0 Å². The van der Waals surface area contributed by atoms with E-state index in [-0.39, 0.29) is 0 Å². The fourth-order valence-electron chi connectivity index (χ4n) is 3.52. The molecule has 1 N–H and O–H groups in total. The molecule has 31 heavy (non-hydrogen) atoms. The van der Waals surface area contributed by atoms with E-state index >= 15 is 0 Å². The highest BCUT2D eigenvalue weighted by Crippen LogP contribution is 2.25. The molecule has 2 heterocycles. The molecule has 0 unspecified atom stereocenters. The minimum Gasteiger partial charge on any atom is -0.497 e. The number of hydrogen-bond donors (Lipinski definition) is 1. The summed E-state index contributed by atoms with van der Waals surface area (Å²) in [5.41, 5.74) is 2.16. The number of aliphatic imine (C=N–C) groups is 1. The maximum Gasteiger partial charge on any atom is 0.194 e. The van der Waals surface area contributed by atoms with Crippen molar-refractivity contribution in [3.63, 3.8) is 0 Å². The highest BCUT2D eigenvalue weighted by molar-refractivity contribution is 7.13. The van der Waals surface area contributed by atoms with Crippen molar-refractivity contribution in [2.45, 2.75) is 20.0 Å². The number of anilines is 1. The first kappa shape index (κ1) is 23.1. The van der Waals surface area contributed by atoms with Crippen LogP contribution < -0.4 is 19.7 Å². The van der Waals surface area contributed by atoms with Crippen LogP contribution in [0.2, 0.25) is 0 Å². The van der Waals surface area contributed by atoms with Crippen molar-refractivity contribution in [1.29, 1.82) is 0 Å². The van der Waals surface area contributed by atoms with E-state index in [1.807, 2.05) is 31.1 Å². The number of rotatable bonds is 8. The predicted molar refractivity (Wildman–Crippen MR) is 128 cm³/mol. The van der Waals surface area contributed by atoms with Gasteiger partial charge >= 0.3 is 0 Å². The molecule has 1 aromatic carbocycles. The summed E-state index contributed by atoms with van der Waals surface area (Å²) in [4.78, 5) is 16.3. The molecule has 170 valence electrons. The molecule has 0 bridgehead atoms. The molecule has 1 fully saturated rings. The maximum atomic E-state index is 5.54. The topological polar surface area (TPSA) is 65.5 Å². The number of guanidine groups is 1. The lowest BCUT2D eigenvalue weighted by atomic mass is 10.1. The first-order chi connectivity index (χ1) is 15.0. The zero-order valence-electron chi connectivity index (χ0n) is 19.2. The van der Waals surface area contributed by atoms with Crippen molar-refractivity contribution in [1.82, 2.24) is 20.1 Å². The zero-order chi connectivity index (χ0) is 22.2. The number of hydrogen-bond acceptors (Lipinski definition) is 7. The smallest absolute Gasteiger partial charge is 0.194 e. The number of ether oxygens (including phenoxy) is 2. The highest BCUT2D eigenvalue weighted by Gasteiger charge is 2.21. The van der Waals surface area contributed by atoms with Crippen LogP contribution in [-0.2, 0) is 13.1 Å². The molecule has 3 rings (SSSR count). The van der Waals surface area contributed by atoms with E-state index in [4.69, 9.17) is 14.5 Å². The van der Waals surface area contributed by atoms with Crippen LogP contribution in [0.1, 0.15) is 18.2 Å². The molecule has 0 radical (unpaired) electrons. The van der Waals surface area contributed by atoms with E-state index in [1.165, 1.54) is 0 Å². The van der Waals surface area contributed by atoms with Gasteiger partial charge in [0.15, 0.2) is 11.1 Å². The van der Waals surface area contributed by atoms with Gasteiger partial charge in [0.2, 0.25) is 0 Å². The molecule has 1 saturated heterocycles. The van der Waals surface area contributed by atoms with E-state index < -0.39 is 0 Å². The van der Waals surface area contributed by atoms with Gasteiger partial charge in [0.25, 0.3) is 0 Å². The van der Waals surface area contributed by atoms with Crippen molar-refractivity contribution in [3.8, 4) is 11.5 Å². The van der Waals surface area contributed by atoms with Crippen LogP contribution in [-0.4, -0.2) is 81.8 Å². The third-order valence-corrected chi connectivity index (χ3v) is 6.26. The Morgan fingerprint density at radius 1 is 1.19 bits per heavy atom. The van der Waals surface area contributed by atoms with Crippen molar-refractivity contribution < 1.29 is 9.47 Å². The van der Waals surface area contributed by atoms with Gasteiger partial charge in [0, 0.05) is 64.3 Å². The van der Waals surface area contributed by atoms with Crippen LogP contribution in [0.5, 0.6) is 11.5 Å². The number of aromatic nitrogens is 1. The van der Waals surface area contributed by atoms with Crippen molar-refractivity contribution >= 4 is 22.4 Å². The summed E-state index contributed by atoms with van der Waals surface area (Å²) in [5, 5.41) is 6.53. The Balaban J connectivity index is 1.59. The third-order valence-electron chi connectivity index (χ3n) is 5.20. The van der Waals surface area contributed by atoms with Crippen molar-refractivity contribution in [2.24, 2.45) is 4.99 Å². The Bertz CT molecular complexity index is 861. The Morgan fingerprint density at radius 2 is 1.97 bits per heavy atom. The van der Waals surface area contributed by atoms with E-state index in [0.29, 0.717) is 6.54 Å². The van der Waals surface area contributed by atoms with Gasteiger partial charge in [0.05, 0.1) is 26.5 Å². The summed E-state index contributed by atoms with van der Waals surface area (Å²) < 4.78 is 10.9. The van der Waals surface area contributed by atoms with Crippen LogP contribution >= 0.6 is 11.3 Å². The van der Waals surface area contributed by atoms with Gasteiger partial charge in [-0.3, -0.25) is 4.90 Å². The Hall–Kier alpha value is -2.52. The lowest BCUT2D eigenvalue weighted by Gasteiger charge is -2.36. The summed E-state index contributed by atoms with van der Waals surface area (Å²) in [6, 6.07) is 5.97. The van der Waals surface area contributed by atoms with Crippen LogP contribution in [0.25, 0.3) is 0 Å². The number of benzene rings is 1. The zero-order valence-corrected chi connectivity index (χ0v) is 20.0. The molecule has 0 saturated carbocycles. The fourth-order valence-corrected chi connectivity index (χ4v) is 4.27. The molecular weight excluding hydrogens is 412 g/mol. The monoisotopic (exact) mass is 446 g/mol. The number of thiazole rings is 1. The Labute approximate surface area is 189 Å².